The van der Waals surface area contributed by atoms with E-state index in [0.29, 0.717) is 0 Å². The molecule has 2 heteroatoms. The largest absolute Gasteiger partial charge is 0.344 e. The number of para-hydroxylation sites is 1. The Hall–Kier alpha value is -2.61. The molecule has 0 fully saturated rings. The molecule has 2 nitrogen and oxygen atoms in total. The van der Waals surface area contributed by atoms with E-state index in [1.54, 1.807) is 6.08 Å². The zero-order chi connectivity index (χ0) is 15.7. The zero-order valence-electron chi connectivity index (χ0n) is 13.1. The Morgan fingerprint density at radius 3 is 2.50 bits per heavy atom. The van der Waals surface area contributed by atoms with Crippen molar-refractivity contribution in [3.8, 4) is 11.1 Å². The lowest BCUT2D eigenvalue weighted by atomic mass is 9.98. The van der Waals surface area contributed by atoms with Gasteiger partial charge in [-0.05, 0) is 48.8 Å². The molecular formula is C20H19NO. The van der Waals surface area contributed by atoms with Gasteiger partial charge in [-0.3, -0.25) is 4.79 Å². The number of benzene rings is 2. The van der Waals surface area contributed by atoms with Crippen LogP contribution < -0.4 is 0 Å². The maximum atomic E-state index is 10.8. The summed E-state index contributed by atoms with van der Waals surface area (Å²) in [4.78, 5) is 10.8. The van der Waals surface area contributed by atoms with E-state index in [1.165, 1.54) is 33.2 Å². The van der Waals surface area contributed by atoms with Crippen molar-refractivity contribution in [1.82, 2.24) is 4.57 Å². The number of aldehydes is 1. The van der Waals surface area contributed by atoms with Gasteiger partial charge in [0.05, 0.1) is 0 Å². The van der Waals surface area contributed by atoms with Gasteiger partial charge in [-0.1, -0.05) is 36.4 Å². The second-order valence-corrected chi connectivity index (χ2v) is 5.63. The lowest BCUT2D eigenvalue weighted by molar-refractivity contribution is -0.104. The fourth-order valence-corrected chi connectivity index (χ4v) is 2.94. The summed E-state index contributed by atoms with van der Waals surface area (Å²) in [5, 5.41) is 1.21. The van der Waals surface area contributed by atoms with Crippen molar-refractivity contribution in [1.29, 1.82) is 0 Å². The van der Waals surface area contributed by atoms with Crippen LogP contribution >= 0.6 is 0 Å². The Kier molecular flexibility index (Phi) is 3.68. The number of fused-ring (bicyclic) bond motifs is 1. The van der Waals surface area contributed by atoms with Crippen molar-refractivity contribution in [2.75, 3.05) is 0 Å². The van der Waals surface area contributed by atoms with Crippen LogP contribution in [0.1, 0.15) is 16.8 Å². The molecule has 110 valence electrons. The van der Waals surface area contributed by atoms with Gasteiger partial charge >= 0.3 is 0 Å². The summed E-state index contributed by atoms with van der Waals surface area (Å²) in [6.07, 6.45) is 4.26. The standard InChI is InChI=1S/C20H19NO/c1-14-10-11-16(13-15(14)2)20-17-7-4-5-8-18(17)21(3)19(20)9-6-12-22/h4-13H,1-3H3/b9-6+. The first kappa shape index (κ1) is 14.3. The molecule has 0 saturated carbocycles. The molecule has 0 aliphatic rings. The third-order valence-corrected chi connectivity index (χ3v) is 4.28. The highest BCUT2D eigenvalue weighted by molar-refractivity contribution is 6.01. The van der Waals surface area contributed by atoms with E-state index < -0.39 is 0 Å². The van der Waals surface area contributed by atoms with Crippen molar-refractivity contribution in [3.63, 3.8) is 0 Å². The summed E-state index contributed by atoms with van der Waals surface area (Å²) >= 11 is 0. The molecule has 0 radical (unpaired) electrons. The van der Waals surface area contributed by atoms with Crippen molar-refractivity contribution in [2.45, 2.75) is 13.8 Å². The van der Waals surface area contributed by atoms with E-state index in [9.17, 15) is 4.79 Å². The molecule has 1 heterocycles. The highest BCUT2D eigenvalue weighted by Gasteiger charge is 2.14. The quantitative estimate of drug-likeness (QED) is 0.507. The molecule has 0 bridgehead atoms. The summed E-state index contributed by atoms with van der Waals surface area (Å²) < 4.78 is 2.14. The molecule has 0 spiro atoms. The highest BCUT2D eigenvalue weighted by Crippen LogP contribution is 2.35. The molecule has 0 aliphatic heterocycles. The third-order valence-electron chi connectivity index (χ3n) is 4.28. The van der Waals surface area contributed by atoms with Crippen LogP contribution in [-0.2, 0) is 11.8 Å². The monoisotopic (exact) mass is 289 g/mol. The number of allylic oxidation sites excluding steroid dienone is 1. The van der Waals surface area contributed by atoms with Gasteiger partial charge in [0.2, 0.25) is 0 Å². The topological polar surface area (TPSA) is 22.0 Å². The molecule has 2 aromatic carbocycles. The molecule has 3 rings (SSSR count). The number of rotatable bonds is 3. The first-order chi connectivity index (χ1) is 10.6. The summed E-state index contributed by atoms with van der Waals surface area (Å²) in [6, 6.07) is 14.9. The minimum Gasteiger partial charge on any atom is -0.344 e. The van der Waals surface area contributed by atoms with E-state index in [0.717, 1.165) is 12.0 Å². The van der Waals surface area contributed by atoms with Gasteiger partial charge in [0.15, 0.2) is 0 Å². The number of nitrogens with zero attached hydrogens (tertiary/aromatic N) is 1. The van der Waals surface area contributed by atoms with Crippen LogP contribution in [0, 0.1) is 13.8 Å². The number of hydrogen-bond donors (Lipinski definition) is 0. The Labute approximate surface area is 130 Å². The number of carbonyl (C=O) groups is 1. The number of aryl methyl sites for hydroxylation is 3. The van der Waals surface area contributed by atoms with Crippen LogP contribution in [0.3, 0.4) is 0 Å². The van der Waals surface area contributed by atoms with E-state index in [1.807, 2.05) is 19.2 Å². The van der Waals surface area contributed by atoms with Crippen molar-refractivity contribution < 1.29 is 4.79 Å². The number of aromatic nitrogens is 1. The second-order valence-electron chi connectivity index (χ2n) is 5.63. The lowest BCUT2D eigenvalue weighted by Gasteiger charge is -2.07. The maximum Gasteiger partial charge on any atom is 0.142 e. The first-order valence-corrected chi connectivity index (χ1v) is 7.40. The number of carbonyl (C=O) groups excluding carboxylic acids is 1. The zero-order valence-corrected chi connectivity index (χ0v) is 13.1. The average molecular weight is 289 g/mol. The smallest absolute Gasteiger partial charge is 0.142 e. The van der Waals surface area contributed by atoms with E-state index >= 15 is 0 Å². The van der Waals surface area contributed by atoms with Gasteiger partial charge in [0.25, 0.3) is 0 Å². The summed E-state index contributed by atoms with van der Waals surface area (Å²) in [7, 11) is 2.04. The van der Waals surface area contributed by atoms with Crippen LogP contribution in [0.25, 0.3) is 28.1 Å². The summed E-state index contributed by atoms with van der Waals surface area (Å²) in [6.45, 7) is 4.25. The van der Waals surface area contributed by atoms with E-state index in [4.69, 9.17) is 0 Å². The van der Waals surface area contributed by atoms with Crippen LogP contribution in [0.4, 0.5) is 0 Å². The Morgan fingerprint density at radius 2 is 1.77 bits per heavy atom. The highest BCUT2D eigenvalue weighted by atomic mass is 16.1. The lowest BCUT2D eigenvalue weighted by Crippen LogP contribution is -1.92. The average Bonchev–Trinajstić information content (AvgIpc) is 2.81. The SMILES string of the molecule is Cc1ccc(-c2c(/C=C/C=O)n(C)c3ccccc23)cc1C. The van der Waals surface area contributed by atoms with Gasteiger partial charge in [-0.2, -0.15) is 0 Å². The normalized spacial score (nSPS) is 11.4. The fraction of sp³-hybridized carbons (Fsp3) is 0.150. The minimum absolute atomic E-state index is 0.821. The van der Waals surface area contributed by atoms with Gasteiger partial charge in [-0.25, -0.2) is 0 Å². The molecular weight excluding hydrogens is 270 g/mol. The molecule has 0 N–H and O–H groups in total. The summed E-state index contributed by atoms with van der Waals surface area (Å²) in [5.41, 5.74) is 7.15. The molecule has 0 amide bonds. The van der Waals surface area contributed by atoms with Crippen LogP contribution in [0.5, 0.6) is 0 Å². The van der Waals surface area contributed by atoms with Crippen molar-refractivity contribution in [2.24, 2.45) is 7.05 Å². The minimum atomic E-state index is 0.821. The maximum absolute atomic E-state index is 10.8. The fourth-order valence-electron chi connectivity index (χ4n) is 2.94. The molecule has 22 heavy (non-hydrogen) atoms. The predicted octanol–water partition coefficient (Wildman–Crippen LogP) is 4.67. The first-order valence-electron chi connectivity index (χ1n) is 7.40. The Balaban J connectivity index is 2.37. The molecule has 0 atom stereocenters. The van der Waals surface area contributed by atoms with Gasteiger partial charge in [-0.15, -0.1) is 0 Å². The van der Waals surface area contributed by atoms with Crippen LogP contribution in [-0.4, -0.2) is 10.9 Å². The second kappa shape index (κ2) is 5.64. The molecule has 0 unspecified atom stereocenters. The Bertz CT molecular complexity index is 884. The number of hydrogen-bond acceptors (Lipinski definition) is 1. The molecule has 0 aliphatic carbocycles. The third kappa shape index (κ3) is 2.27. The molecule has 0 saturated heterocycles. The molecule has 1 aromatic heterocycles. The van der Waals surface area contributed by atoms with Crippen LogP contribution in [0.2, 0.25) is 0 Å². The molecule has 3 aromatic rings. The Morgan fingerprint density at radius 1 is 1.00 bits per heavy atom. The van der Waals surface area contributed by atoms with Gasteiger partial charge < -0.3 is 4.57 Å². The van der Waals surface area contributed by atoms with E-state index in [-0.39, 0.29) is 0 Å². The van der Waals surface area contributed by atoms with E-state index in [2.05, 4.69) is 54.8 Å². The van der Waals surface area contributed by atoms with Crippen molar-refractivity contribution >= 4 is 23.3 Å². The van der Waals surface area contributed by atoms with Gasteiger partial charge in [0, 0.05) is 29.2 Å². The van der Waals surface area contributed by atoms with Crippen molar-refractivity contribution in [3.05, 3.63) is 65.4 Å². The predicted molar refractivity (Wildman–Crippen MR) is 92.9 cm³/mol. The van der Waals surface area contributed by atoms with Crippen LogP contribution in [0.15, 0.2) is 48.5 Å². The summed E-state index contributed by atoms with van der Waals surface area (Å²) in [5.74, 6) is 0. The van der Waals surface area contributed by atoms with Gasteiger partial charge in [0.1, 0.15) is 6.29 Å².